The molecule has 100 valence electrons. The van der Waals surface area contributed by atoms with Gasteiger partial charge in [-0.05, 0) is 49.5 Å². The molecule has 0 spiro atoms. The predicted octanol–water partition coefficient (Wildman–Crippen LogP) is 2.91. The molecule has 4 heteroatoms. The van der Waals surface area contributed by atoms with Crippen molar-refractivity contribution >= 4 is 23.4 Å². The number of carbonyl (C=O) groups excluding carboxylic acids is 1. The van der Waals surface area contributed by atoms with Crippen LogP contribution in [0.25, 0.3) is 0 Å². The highest BCUT2D eigenvalue weighted by Crippen LogP contribution is 2.16. The molecule has 0 saturated carbocycles. The fourth-order valence-electron chi connectivity index (χ4n) is 1.73. The Bertz CT molecular complexity index is 393. The SMILES string of the molecule is CNc1cc(C)ccc1C(=O)NCCCCSC. The summed E-state index contributed by atoms with van der Waals surface area (Å²) < 4.78 is 0. The van der Waals surface area contributed by atoms with Crippen molar-refractivity contribution in [3.63, 3.8) is 0 Å². The molecule has 0 aliphatic rings. The minimum Gasteiger partial charge on any atom is -0.387 e. The molecule has 2 N–H and O–H groups in total. The number of benzene rings is 1. The Labute approximate surface area is 114 Å². The van der Waals surface area contributed by atoms with Crippen LogP contribution in [-0.2, 0) is 0 Å². The molecule has 0 aliphatic heterocycles. The Hall–Kier alpha value is -1.16. The summed E-state index contributed by atoms with van der Waals surface area (Å²) in [5.74, 6) is 1.16. The number of anilines is 1. The molecule has 0 bridgehead atoms. The zero-order chi connectivity index (χ0) is 13.4. The van der Waals surface area contributed by atoms with Gasteiger partial charge in [-0.3, -0.25) is 4.79 Å². The van der Waals surface area contributed by atoms with Crippen LogP contribution in [-0.4, -0.2) is 31.5 Å². The van der Waals surface area contributed by atoms with Gasteiger partial charge in [0.05, 0.1) is 5.56 Å². The van der Waals surface area contributed by atoms with E-state index in [1.807, 2.05) is 43.9 Å². The van der Waals surface area contributed by atoms with E-state index >= 15 is 0 Å². The van der Waals surface area contributed by atoms with Gasteiger partial charge >= 0.3 is 0 Å². The van der Waals surface area contributed by atoms with Crippen LogP contribution >= 0.6 is 11.8 Å². The lowest BCUT2D eigenvalue weighted by molar-refractivity contribution is 0.0954. The van der Waals surface area contributed by atoms with E-state index in [-0.39, 0.29) is 5.91 Å². The summed E-state index contributed by atoms with van der Waals surface area (Å²) in [5.41, 5.74) is 2.75. The zero-order valence-electron chi connectivity index (χ0n) is 11.4. The summed E-state index contributed by atoms with van der Waals surface area (Å²) in [7, 11) is 1.84. The molecular formula is C14H22N2OS. The van der Waals surface area contributed by atoms with E-state index in [0.29, 0.717) is 5.56 Å². The van der Waals surface area contributed by atoms with Gasteiger partial charge in [0.25, 0.3) is 5.91 Å². The summed E-state index contributed by atoms with van der Waals surface area (Å²) in [5, 5.41) is 6.03. The molecular weight excluding hydrogens is 244 g/mol. The zero-order valence-corrected chi connectivity index (χ0v) is 12.2. The summed E-state index contributed by atoms with van der Waals surface area (Å²) in [6.07, 6.45) is 4.28. The number of unbranched alkanes of at least 4 members (excludes halogenated alkanes) is 1. The standard InChI is InChI=1S/C14H22N2OS/c1-11-6-7-12(13(10-11)15-2)14(17)16-8-4-5-9-18-3/h6-7,10,15H,4-5,8-9H2,1-3H3,(H,16,17). The summed E-state index contributed by atoms with van der Waals surface area (Å²) in [4.78, 5) is 12.0. The predicted molar refractivity (Wildman–Crippen MR) is 80.7 cm³/mol. The fraction of sp³-hybridized carbons (Fsp3) is 0.500. The second kappa shape index (κ2) is 8.03. The summed E-state index contributed by atoms with van der Waals surface area (Å²) in [6.45, 7) is 2.77. The van der Waals surface area contributed by atoms with E-state index in [1.54, 1.807) is 0 Å². The number of hydrogen-bond donors (Lipinski definition) is 2. The Kier molecular flexibility index (Phi) is 6.65. The van der Waals surface area contributed by atoms with Gasteiger partial charge in [-0.2, -0.15) is 11.8 Å². The van der Waals surface area contributed by atoms with Crippen molar-refractivity contribution in [3.05, 3.63) is 29.3 Å². The lowest BCUT2D eigenvalue weighted by Crippen LogP contribution is -2.25. The number of hydrogen-bond acceptors (Lipinski definition) is 3. The minimum absolute atomic E-state index is 0.00324. The number of nitrogens with one attached hydrogen (secondary N) is 2. The Morgan fingerprint density at radius 2 is 2.11 bits per heavy atom. The number of aryl methyl sites for hydroxylation is 1. The van der Waals surface area contributed by atoms with Crippen molar-refractivity contribution in [1.82, 2.24) is 5.32 Å². The molecule has 18 heavy (non-hydrogen) atoms. The molecule has 3 nitrogen and oxygen atoms in total. The molecule has 1 aromatic carbocycles. The first-order valence-electron chi connectivity index (χ1n) is 6.24. The van der Waals surface area contributed by atoms with Gasteiger partial charge in [-0.25, -0.2) is 0 Å². The summed E-state index contributed by atoms with van der Waals surface area (Å²) >= 11 is 1.84. The highest BCUT2D eigenvalue weighted by Gasteiger charge is 2.09. The monoisotopic (exact) mass is 266 g/mol. The molecule has 1 aromatic rings. The van der Waals surface area contributed by atoms with Crippen LogP contribution in [0.2, 0.25) is 0 Å². The molecule has 0 aromatic heterocycles. The number of amides is 1. The van der Waals surface area contributed by atoms with Gasteiger partial charge in [0, 0.05) is 19.3 Å². The number of rotatable bonds is 7. The number of thioether (sulfide) groups is 1. The van der Waals surface area contributed by atoms with Crippen LogP contribution in [0.3, 0.4) is 0 Å². The molecule has 0 fully saturated rings. The van der Waals surface area contributed by atoms with Crippen molar-refractivity contribution in [1.29, 1.82) is 0 Å². The maximum absolute atomic E-state index is 12.0. The van der Waals surface area contributed by atoms with Gasteiger partial charge in [-0.1, -0.05) is 6.07 Å². The molecule has 1 amide bonds. The van der Waals surface area contributed by atoms with E-state index in [0.717, 1.165) is 36.4 Å². The van der Waals surface area contributed by atoms with Crippen molar-refractivity contribution in [2.24, 2.45) is 0 Å². The fourth-order valence-corrected chi connectivity index (χ4v) is 2.22. The third-order valence-electron chi connectivity index (χ3n) is 2.75. The van der Waals surface area contributed by atoms with Crippen molar-refractivity contribution in [2.75, 3.05) is 30.9 Å². The third-order valence-corrected chi connectivity index (χ3v) is 3.45. The molecule has 0 heterocycles. The van der Waals surface area contributed by atoms with E-state index < -0.39 is 0 Å². The third kappa shape index (κ3) is 4.61. The van der Waals surface area contributed by atoms with E-state index in [1.165, 1.54) is 0 Å². The second-order valence-corrected chi connectivity index (χ2v) is 5.24. The van der Waals surface area contributed by atoms with Crippen molar-refractivity contribution < 1.29 is 4.79 Å². The van der Waals surface area contributed by atoms with E-state index in [2.05, 4.69) is 16.9 Å². The van der Waals surface area contributed by atoms with Gasteiger partial charge in [0.2, 0.25) is 0 Å². The Balaban J connectivity index is 2.51. The van der Waals surface area contributed by atoms with Crippen LogP contribution in [0.5, 0.6) is 0 Å². The molecule has 0 unspecified atom stereocenters. The van der Waals surface area contributed by atoms with Crippen molar-refractivity contribution in [3.8, 4) is 0 Å². The van der Waals surface area contributed by atoms with E-state index in [9.17, 15) is 4.79 Å². The molecule has 1 rings (SSSR count). The van der Waals surface area contributed by atoms with Crippen LogP contribution in [0.1, 0.15) is 28.8 Å². The van der Waals surface area contributed by atoms with Gasteiger partial charge < -0.3 is 10.6 Å². The van der Waals surface area contributed by atoms with Gasteiger partial charge in [0.15, 0.2) is 0 Å². The maximum atomic E-state index is 12.0. The average Bonchev–Trinajstić information content (AvgIpc) is 2.38. The Morgan fingerprint density at radius 3 is 2.78 bits per heavy atom. The van der Waals surface area contributed by atoms with Crippen molar-refractivity contribution in [2.45, 2.75) is 19.8 Å². The highest BCUT2D eigenvalue weighted by atomic mass is 32.2. The Morgan fingerprint density at radius 1 is 1.33 bits per heavy atom. The highest BCUT2D eigenvalue weighted by molar-refractivity contribution is 7.98. The topological polar surface area (TPSA) is 41.1 Å². The first-order chi connectivity index (χ1) is 8.69. The molecule has 0 atom stereocenters. The number of carbonyl (C=O) groups is 1. The smallest absolute Gasteiger partial charge is 0.253 e. The average molecular weight is 266 g/mol. The largest absolute Gasteiger partial charge is 0.387 e. The quantitative estimate of drug-likeness (QED) is 0.746. The maximum Gasteiger partial charge on any atom is 0.253 e. The molecule has 0 aliphatic carbocycles. The first kappa shape index (κ1) is 14.9. The summed E-state index contributed by atoms with van der Waals surface area (Å²) in [6, 6.07) is 5.82. The lowest BCUT2D eigenvalue weighted by Gasteiger charge is -2.10. The van der Waals surface area contributed by atoms with Gasteiger partial charge in [0.1, 0.15) is 0 Å². The van der Waals surface area contributed by atoms with Crippen LogP contribution in [0.4, 0.5) is 5.69 Å². The van der Waals surface area contributed by atoms with Crippen LogP contribution < -0.4 is 10.6 Å². The lowest BCUT2D eigenvalue weighted by atomic mass is 10.1. The van der Waals surface area contributed by atoms with E-state index in [4.69, 9.17) is 0 Å². The van der Waals surface area contributed by atoms with Gasteiger partial charge in [-0.15, -0.1) is 0 Å². The minimum atomic E-state index is 0.00324. The molecule has 0 saturated heterocycles. The van der Waals surface area contributed by atoms with Crippen LogP contribution in [0.15, 0.2) is 18.2 Å². The van der Waals surface area contributed by atoms with Crippen LogP contribution in [0, 0.1) is 6.92 Å². The molecule has 0 radical (unpaired) electrons. The first-order valence-corrected chi connectivity index (χ1v) is 7.64. The second-order valence-electron chi connectivity index (χ2n) is 4.25. The normalized spacial score (nSPS) is 10.2.